The minimum absolute atomic E-state index is 0.144. The molecular formula is C11H13N3O. The van der Waals surface area contributed by atoms with Gasteiger partial charge in [-0.15, -0.1) is 0 Å². The van der Waals surface area contributed by atoms with E-state index in [2.05, 4.69) is 10.3 Å². The third-order valence-corrected chi connectivity index (χ3v) is 1.92. The number of hydrogen-bond donors (Lipinski definition) is 2. The number of H-pyrrole nitrogens is 1. The number of hydrogen-bond acceptors (Lipinski definition) is 3. The van der Waals surface area contributed by atoms with Crippen LogP contribution in [0.2, 0.25) is 0 Å². The first kappa shape index (κ1) is 11.2. The molecule has 0 aromatic carbocycles. The zero-order chi connectivity index (χ0) is 11.1. The van der Waals surface area contributed by atoms with E-state index in [0.29, 0.717) is 0 Å². The van der Waals surface area contributed by atoms with Crippen molar-refractivity contribution in [3.05, 3.63) is 39.8 Å². The molecule has 1 aromatic heterocycles. The third-order valence-electron chi connectivity index (χ3n) is 1.92. The van der Waals surface area contributed by atoms with Crippen LogP contribution in [-0.4, -0.2) is 18.6 Å². The Balaban J connectivity index is 2.75. The van der Waals surface area contributed by atoms with Crippen molar-refractivity contribution in [2.45, 2.75) is 6.42 Å². The lowest BCUT2D eigenvalue weighted by molar-refractivity contribution is 0.809. The summed E-state index contributed by atoms with van der Waals surface area (Å²) in [6.45, 7) is 0.908. The summed E-state index contributed by atoms with van der Waals surface area (Å²) >= 11 is 0. The van der Waals surface area contributed by atoms with E-state index in [1.165, 1.54) is 0 Å². The molecule has 0 aliphatic heterocycles. The monoisotopic (exact) mass is 203 g/mol. The fourth-order valence-corrected chi connectivity index (χ4v) is 1.13. The lowest BCUT2D eigenvalue weighted by atomic mass is 10.2. The molecule has 1 heterocycles. The number of rotatable bonds is 4. The van der Waals surface area contributed by atoms with Crippen LogP contribution in [0.3, 0.4) is 0 Å². The third kappa shape index (κ3) is 3.41. The number of nitrogens with one attached hydrogen (secondary N) is 2. The average molecular weight is 203 g/mol. The SMILES string of the molecule is CNCCC=Cc1c[nH]c(=O)c(C#N)c1. The van der Waals surface area contributed by atoms with Gasteiger partial charge in [-0.3, -0.25) is 4.79 Å². The van der Waals surface area contributed by atoms with Crippen LogP contribution in [0.1, 0.15) is 17.5 Å². The van der Waals surface area contributed by atoms with E-state index in [1.54, 1.807) is 12.3 Å². The van der Waals surface area contributed by atoms with Crippen molar-refractivity contribution >= 4 is 6.08 Å². The zero-order valence-electron chi connectivity index (χ0n) is 8.58. The normalized spacial score (nSPS) is 10.4. The van der Waals surface area contributed by atoms with E-state index in [-0.39, 0.29) is 11.1 Å². The van der Waals surface area contributed by atoms with Crippen LogP contribution in [0.15, 0.2) is 23.1 Å². The molecule has 0 bridgehead atoms. The molecule has 0 spiro atoms. The first-order valence-corrected chi connectivity index (χ1v) is 4.72. The summed E-state index contributed by atoms with van der Waals surface area (Å²) in [4.78, 5) is 13.6. The summed E-state index contributed by atoms with van der Waals surface area (Å²) in [5.74, 6) is 0. The van der Waals surface area contributed by atoms with Crippen LogP contribution in [-0.2, 0) is 0 Å². The maximum absolute atomic E-state index is 11.1. The Morgan fingerprint density at radius 1 is 1.67 bits per heavy atom. The molecule has 0 aliphatic carbocycles. The second-order valence-corrected chi connectivity index (χ2v) is 3.08. The highest BCUT2D eigenvalue weighted by atomic mass is 16.1. The van der Waals surface area contributed by atoms with Gasteiger partial charge in [-0.1, -0.05) is 12.2 Å². The molecule has 1 rings (SSSR count). The fourth-order valence-electron chi connectivity index (χ4n) is 1.13. The molecule has 15 heavy (non-hydrogen) atoms. The van der Waals surface area contributed by atoms with Gasteiger partial charge in [0.1, 0.15) is 11.6 Å². The minimum atomic E-state index is -0.343. The van der Waals surface area contributed by atoms with Gasteiger partial charge < -0.3 is 10.3 Å². The van der Waals surface area contributed by atoms with Crippen molar-refractivity contribution in [1.82, 2.24) is 10.3 Å². The van der Waals surface area contributed by atoms with Crippen LogP contribution >= 0.6 is 0 Å². The van der Waals surface area contributed by atoms with Gasteiger partial charge in [-0.05, 0) is 31.6 Å². The number of aromatic amines is 1. The Kier molecular flexibility index (Phi) is 4.32. The number of aromatic nitrogens is 1. The molecule has 0 aliphatic rings. The van der Waals surface area contributed by atoms with E-state index < -0.39 is 0 Å². The molecular weight excluding hydrogens is 190 g/mol. The van der Waals surface area contributed by atoms with E-state index in [0.717, 1.165) is 18.5 Å². The number of nitriles is 1. The predicted molar refractivity (Wildman–Crippen MR) is 59.4 cm³/mol. The Labute approximate surface area is 88.3 Å². The molecule has 2 N–H and O–H groups in total. The largest absolute Gasteiger partial charge is 0.327 e. The summed E-state index contributed by atoms with van der Waals surface area (Å²) in [7, 11) is 1.89. The van der Waals surface area contributed by atoms with E-state index in [4.69, 9.17) is 5.26 Å². The first-order valence-electron chi connectivity index (χ1n) is 4.72. The number of nitrogens with zero attached hydrogens (tertiary/aromatic N) is 1. The molecule has 0 radical (unpaired) electrons. The second-order valence-electron chi connectivity index (χ2n) is 3.08. The molecule has 4 heteroatoms. The van der Waals surface area contributed by atoms with Crippen molar-refractivity contribution in [1.29, 1.82) is 5.26 Å². The fraction of sp³-hybridized carbons (Fsp3) is 0.273. The standard InChI is InChI=1S/C11H13N3O/c1-13-5-3-2-4-9-6-10(7-12)11(15)14-8-9/h2,4,6,8,13H,3,5H2,1H3,(H,14,15). The Hall–Kier alpha value is -1.86. The summed E-state index contributed by atoms with van der Waals surface area (Å²) < 4.78 is 0. The van der Waals surface area contributed by atoms with Crippen LogP contribution in [0.25, 0.3) is 6.08 Å². The number of pyridine rings is 1. The Morgan fingerprint density at radius 3 is 3.13 bits per heavy atom. The molecule has 0 unspecified atom stereocenters. The quantitative estimate of drug-likeness (QED) is 0.713. The summed E-state index contributed by atoms with van der Waals surface area (Å²) in [5.41, 5.74) is 0.637. The Bertz CT molecular complexity index is 440. The molecule has 0 fully saturated rings. The molecule has 4 nitrogen and oxygen atoms in total. The average Bonchev–Trinajstić information content (AvgIpc) is 2.26. The van der Waals surface area contributed by atoms with Crippen molar-refractivity contribution in [2.24, 2.45) is 0 Å². The summed E-state index contributed by atoms with van der Waals surface area (Å²) in [6.07, 6.45) is 6.38. The van der Waals surface area contributed by atoms with Crippen molar-refractivity contribution in [3.8, 4) is 6.07 Å². The molecule has 78 valence electrons. The predicted octanol–water partition coefficient (Wildman–Crippen LogP) is 0.869. The smallest absolute Gasteiger partial charge is 0.265 e. The van der Waals surface area contributed by atoms with Gasteiger partial charge in [0.25, 0.3) is 5.56 Å². The van der Waals surface area contributed by atoms with Gasteiger partial charge in [-0.2, -0.15) is 5.26 Å². The molecule has 0 saturated carbocycles. The van der Waals surface area contributed by atoms with Gasteiger partial charge in [0.05, 0.1) is 0 Å². The second kappa shape index (κ2) is 5.78. The lowest BCUT2D eigenvalue weighted by Crippen LogP contribution is -2.09. The van der Waals surface area contributed by atoms with Gasteiger partial charge in [0.2, 0.25) is 0 Å². The summed E-state index contributed by atoms with van der Waals surface area (Å²) in [6, 6.07) is 3.43. The lowest BCUT2D eigenvalue weighted by Gasteiger charge is -1.94. The zero-order valence-corrected chi connectivity index (χ0v) is 8.58. The highest BCUT2D eigenvalue weighted by Gasteiger charge is 1.97. The summed E-state index contributed by atoms with van der Waals surface area (Å²) in [5, 5.41) is 11.7. The first-order chi connectivity index (χ1) is 7.27. The van der Waals surface area contributed by atoms with E-state index in [9.17, 15) is 4.79 Å². The van der Waals surface area contributed by atoms with Gasteiger partial charge in [-0.25, -0.2) is 0 Å². The van der Waals surface area contributed by atoms with Crippen molar-refractivity contribution < 1.29 is 0 Å². The molecule has 1 aromatic rings. The van der Waals surface area contributed by atoms with Crippen LogP contribution in [0, 0.1) is 11.3 Å². The van der Waals surface area contributed by atoms with Gasteiger partial charge in [0, 0.05) is 6.20 Å². The molecule has 0 atom stereocenters. The van der Waals surface area contributed by atoms with E-state index >= 15 is 0 Å². The Morgan fingerprint density at radius 2 is 2.47 bits per heavy atom. The van der Waals surface area contributed by atoms with Crippen LogP contribution in [0.5, 0.6) is 0 Å². The van der Waals surface area contributed by atoms with Crippen molar-refractivity contribution in [3.63, 3.8) is 0 Å². The minimum Gasteiger partial charge on any atom is -0.327 e. The van der Waals surface area contributed by atoms with Crippen LogP contribution in [0.4, 0.5) is 0 Å². The van der Waals surface area contributed by atoms with E-state index in [1.807, 2.05) is 25.3 Å². The molecule has 0 amide bonds. The topological polar surface area (TPSA) is 68.7 Å². The van der Waals surface area contributed by atoms with Crippen LogP contribution < -0.4 is 10.9 Å². The highest BCUT2D eigenvalue weighted by Crippen LogP contribution is 2.01. The van der Waals surface area contributed by atoms with Gasteiger partial charge >= 0.3 is 0 Å². The van der Waals surface area contributed by atoms with Crippen molar-refractivity contribution in [2.75, 3.05) is 13.6 Å². The maximum atomic E-state index is 11.1. The molecule has 0 saturated heterocycles. The maximum Gasteiger partial charge on any atom is 0.265 e. The van der Waals surface area contributed by atoms with Gasteiger partial charge in [0.15, 0.2) is 0 Å². The highest BCUT2D eigenvalue weighted by molar-refractivity contribution is 5.50.